The maximum Gasteiger partial charge on any atom is 0.295 e. The molecule has 0 bridgehead atoms. The lowest BCUT2D eigenvalue weighted by Crippen LogP contribution is -2.06. The number of hydrogen-bond donors (Lipinski definition) is 2. The summed E-state index contributed by atoms with van der Waals surface area (Å²) < 4.78 is 26.5. The number of nitrogens with one attached hydrogen (secondary N) is 2. The summed E-state index contributed by atoms with van der Waals surface area (Å²) in [5.74, 6) is -2.38. The van der Waals surface area contributed by atoms with Crippen LogP contribution in [0.4, 0.5) is 20.2 Å². The van der Waals surface area contributed by atoms with Gasteiger partial charge in [0.15, 0.2) is 17.3 Å². The summed E-state index contributed by atoms with van der Waals surface area (Å²) in [6.07, 6.45) is 1.66. The van der Waals surface area contributed by atoms with Crippen molar-refractivity contribution in [2.75, 3.05) is 5.32 Å². The Bertz CT molecular complexity index is 570. The monoisotopic (exact) mass is 253 g/mol. The Morgan fingerprint density at radius 3 is 2.72 bits per heavy atom. The molecule has 18 heavy (non-hydrogen) atoms. The summed E-state index contributed by atoms with van der Waals surface area (Å²) >= 11 is 0. The van der Waals surface area contributed by atoms with Crippen molar-refractivity contribution in [1.82, 2.24) is 4.98 Å². The van der Waals surface area contributed by atoms with Crippen molar-refractivity contribution in [3.05, 3.63) is 57.9 Å². The highest BCUT2D eigenvalue weighted by Crippen LogP contribution is 2.29. The second kappa shape index (κ2) is 4.82. The van der Waals surface area contributed by atoms with Crippen molar-refractivity contribution in [2.45, 2.75) is 6.54 Å². The summed E-state index contributed by atoms with van der Waals surface area (Å²) in [6.45, 7) is 0.133. The summed E-state index contributed by atoms with van der Waals surface area (Å²) in [6, 6.07) is 5.10. The zero-order chi connectivity index (χ0) is 13.1. The van der Waals surface area contributed by atoms with Crippen molar-refractivity contribution in [1.29, 1.82) is 0 Å². The summed E-state index contributed by atoms with van der Waals surface area (Å²) in [7, 11) is 0. The van der Waals surface area contributed by atoms with Gasteiger partial charge in [-0.2, -0.15) is 0 Å². The fraction of sp³-hybridized carbons (Fsp3) is 0.0909. The zero-order valence-electron chi connectivity index (χ0n) is 9.11. The van der Waals surface area contributed by atoms with Crippen LogP contribution in [0.15, 0.2) is 30.5 Å². The van der Waals surface area contributed by atoms with Crippen LogP contribution in [0.25, 0.3) is 0 Å². The number of nitro benzene ring substituents is 1. The topological polar surface area (TPSA) is 71.0 Å². The highest BCUT2D eigenvalue weighted by atomic mass is 19.2. The Kier molecular flexibility index (Phi) is 3.22. The predicted octanol–water partition coefficient (Wildman–Crippen LogP) is 2.81. The van der Waals surface area contributed by atoms with Gasteiger partial charge in [0.1, 0.15) is 0 Å². The van der Waals surface area contributed by atoms with Crippen LogP contribution in [-0.4, -0.2) is 9.91 Å². The summed E-state index contributed by atoms with van der Waals surface area (Å²) in [5.41, 5.74) is -0.247. The first-order valence-corrected chi connectivity index (χ1v) is 5.08. The molecule has 0 amide bonds. The van der Waals surface area contributed by atoms with Gasteiger partial charge < -0.3 is 10.3 Å². The van der Waals surface area contributed by atoms with E-state index < -0.39 is 27.9 Å². The molecular weight excluding hydrogens is 244 g/mol. The van der Waals surface area contributed by atoms with E-state index in [1.807, 2.05) is 0 Å². The van der Waals surface area contributed by atoms with Gasteiger partial charge in [-0.3, -0.25) is 10.1 Å². The normalized spacial score (nSPS) is 10.3. The van der Waals surface area contributed by atoms with Gasteiger partial charge >= 0.3 is 0 Å². The lowest BCUT2D eigenvalue weighted by molar-refractivity contribution is -0.384. The maximum atomic E-state index is 13.5. The molecule has 94 valence electrons. The molecule has 1 heterocycles. The molecule has 7 heteroatoms. The van der Waals surface area contributed by atoms with E-state index in [0.717, 1.165) is 12.1 Å². The lowest BCUT2D eigenvalue weighted by Gasteiger charge is -2.07. The van der Waals surface area contributed by atoms with E-state index in [1.165, 1.54) is 0 Å². The SMILES string of the molecule is O=[N+]([O-])c1ccc(F)c(F)c1NCc1ccc[nH]1. The van der Waals surface area contributed by atoms with Crippen molar-refractivity contribution in [3.63, 3.8) is 0 Å². The first kappa shape index (κ1) is 12.0. The highest BCUT2D eigenvalue weighted by molar-refractivity contribution is 5.62. The van der Waals surface area contributed by atoms with Crippen LogP contribution in [0.1, 0.15) is 5.69 Å². The Morgan fingerprint density at radius 1 is 1.33 bits per heavy atom. The molecule has 1 aromatic carbocycles. The second-order valence-corrected chi connectivity index (χ2v) is 3.56. The molecule has 0 radical (unpaired) electrons. The number of nitro groups is 1. The molecule has 0 aliphatic carbocycles. The molecule has 5 nitrogen and oxygen atoms in total. The van der Waals surface area contributed by atoms with Crippen molar-refractivity contribution in [2.24, 2.45) is 0 Å². The fourth-order valence-corrected chi connectivity index (χ4v) is 1.52. The maximum absolute atomic E-state index is 13.5. The standard InChI is InChI=1S/C11H9F2N3O2/c12-8-3-4-9(16(17)18)11(10(8)13)15-6-7-2-1-5-14-7/h1-5,14-15H,6H2. The number of benzene rings is 1. The third-order valence-corrected chi connectivity index (χ3v) is 2.39. The number of rotatable bonds is 4. The van der Waals surface area contributed by atoms with Crippen LogP contribution in [-0.2, 0) is 6.54 Å². The minimum Gasteiger partial charge on any atom is -0.371 e. The van der Waals surface area contributed by atoms with Gasteiger partial charge in [0, 0.05) is 18.0 Å². The molecule has 0 saturated heterocycles. The summed E-state index contributed by atoms with van der Waals surface area (Å²) in [5, 5.41) is 13.2. The molecule has 2 rings (SSSR count). The van der Waals surface area contributed by atoms with Gasteiger partial charge in [0.25, 0.3) is 5.69 Å². The third kappa shape index (κ3) is 2.29. The molecule has 0 aliphatic heterocycles. The predicted molar refractivity (Wildman–Crippen MR) is 61.1 cm³/mol. The number of nitrogens with zero attached hydrogens (tertiary/aromatic N) is 1. The second-order valence-electron chi connectivity index (χ2n) is 3.56. The van der Waals surface area contributed by atoms with Crippen molar-refractivity contribution >= 4 is 11.4 Å². The van der Waals surface area contributed by atoms with E-state index >= 15 is 0 Å². The third-order valence-electron chi connectivity index (χ3n) is 2.39. The lowest BCUT2D eigenvalue weighted by atomic mass is 10.2. The molecule has 2 N–H and O–H groups in total. The molecular formula is C11H9F2N3O2. The molecule has 0 spiro atoms. The first-order valence-electron chi connectivity index (χ1n) is 5.08. The average molecular weight is 253 g/mol. The van der Waals surface area contributed by atoms with Crippen molar-refractivity contribution in [3.8, 4) is 0 Å². The van der Waals surface area contributed by atoms with Crippen LogP contribution >= 0.6 is 0 Å². The van der Waals surface area contributed by atoms with Crippen LogP contribution in [0.2, 0.25) is 0 Å². The van der Waals surface area contributed by atoms with E-state index in [9.17, 15) is 18.9 Å². The molecule has 0 fully saturated rings. The van der Waals surface area contributed by atoms with E-state index in [4.69, 9.17) is 0 Å². The van der Waals surface area contributed by atoms with E-state index in [2.05, 4.69) is 10.3 Å². The van der Waals surface area contributed by atoms with Crippen molar-refractivity contribution < 1.29 is 13.7 Å². The molecule has 0 unspecified atom stereocenters. The largest absolute Gasteiger partial charge is 0.371 e. The van der Waals surface area contributed by atoms with Gasteiger partial charge in [-0.1, -0.05) is 0 Å². The molecule has 1 aromatic heterocycles. The molecule has 0 aliphatic rings. The van der Waals surface area contributed by atoms with Crippen LogP contribution in [0.3, 0.4) is 0 Å². The highest BCUT2D eigenvalue weighted by Gasteiger charge is 2.21. The fourth-order valence-electron chi connectivity index (χ4n) is 1.52. The van der Waals surface area contributed by atoms with Gasteiger partial charge in [0.05, 0.1) is 11.5 Å². The number of hydrogen-bond acceptors (Lipinski definition) is 3. The Hall–Kier alpha value is -2.44. The Balaban J connectivity index is 2.30. The number of aromatic nitrogens is 1. The molecule has 0 saturated carbocycles. The van der Waals surface area contributed by atoms with E-state index in [0.29, 0.717) is 5.69 Å². The first-order chi connectivity index (χ1) is 8.59. The number of H-pyrrole nitrogens is 1. The number of halogens is 2. The number of anilines is 1. The minimum atomic E-state index is -1.25. The minimum absolute atomic E-state index is 0.133. The Morgan fingerprint density at radius 2 is 2.11 bits per heavy atom. The average Bonchev–Trinajstić information content (AvgIpc) is 2.83. The van der Waals surface area contributed by atoms with Gasteiger partial charge in [-0.05, 0) is 18.2 Å². The van der Waals surface area contributed by atoms with Gasteiger partial charge in [0.2, 0.25) is 0 Å². The van der Waals surface area contributed by atoms with Gasteiger partial charge in [-0.25, -0.2) is 8.78 Å². The quantitative estimate of drug-likeness (QED) is 0.650. The van der Waals surface area contributed by atoms with Crippen LogP contribution in [0, 0.1) is 21.7 Å². The Labute approximate surface area is 101 Å². The van der Waals surface area contributed by atoms with Gasteiger partial charge in [-0.15, -0.1) is 0 Å². The smallest absolute Gasteiger partial charge is 0.295 e. The zero-order valence-corrected chi connectivity index (χ0v) is 9.11. The van der Waals surface area contributed by atoms with Crippen LogP contribution in [0.5, 0.6) is 0 Å². The van der Waals surface area contributed by atoms with Crippen LogP contribution < -0.4 is 5.32 Å². The summed E-state index contributed by atoms with van der Waals surface area (Å²) in [4.78, 5) is 12.8. The number of aromatic amines is 1. The molecule has 2 aromatic rings. The van der Waals surface area contributed by atoms with E-state index in [1.54, 1.807) is 18.3 Å². The van der Waals surface area contributed by atoms with E-state index in [-0.39, 0.29) is 6.54 Å². The molecule has 0 atom stereocenters.